The maximum Gasteiger partial charge on any atom is 0.433 e. The lowest BCUT2D eigenvalue weighted by Gasteiger charge is -2.11. The first kappa shape index (κ1) is 19.1. The van der Waals surface area contributed by atoms with Crippen molar-refractivity contribution < 1.29 is 27.1 Å². The molecule has 2 heterocycles. The van der Waals surface area contributed by atoms with E-state index in [-0.39, 0.29) is 21.9 Å². The molecule has 2 aromatic heterocycles. The summed E-state index contributed by atoms with van der Waals surface area (Å²) in [7, 11) is 0. The topological polar surface area (TPSA) is 56.5 Å². The van der Waals surface area contributed by atoms with Crippen molar-refractivity contribution in [2.75, 3.05) is 0 Å². The molecule has 0 atom stereocenters. The first-order valence-electron chi connectivity index (χ1n) is 7.71. The molecule has 10 heteroatoms. The van der Waals surface area contributed by atoms with E-state index in [0.29, 0.717) is 4.52 Å². The molecule has 0 saturated carbocycles. The predicted octanol–water partition coefficient (Wildman–Crippen LogP) is 4.77. The molecule has 3 rings (SSSR count). The maximum atomic E-state index is 13.5. The number of alkyl halides is 3. The zero-order chi connectivity index (χ0) is 19.9. The Labute approximate surface area is 155 Å². The van der Waals surface area contributed by atoms with Crippen molar-refractivity contribution in [3.63, 3.8) is 0 Å². The molecular weight excluding hydrogens is 390 g/mol. The van der Waals surface area contributed by atoms with Crippen molar-refractivity contribution in [3.8, 4) is 11.3 Å². The number of esters is 1. The van der Waals surface area contributed by atoms with Gasteiger partial charge in [0.05, 0.1) is 11.8 Å². The Bertz CT molecular complexity index is 1010. The Kier molecular flexibility index (Phi) is 4.81. The Morgan fingerprint density at radius 1 is 1.22 bits per heavy atom. The molecule has 0 aliphatic rings. The molecule has 0 radical (unpaired) electrons. The summed E-state index contributed by atoms with van der Waals surface area (Å²) in [6, 6.07) is 5.51. The van der Waals surface area contributed by atoms with E-state index in [1.165, 1.54) is 12.1 Å². The highest BCUT2D eigenvalue weighted by Crippen LogP contribution is 2.34. The smallest absolute Gasteiger partial charge is 0.433 e. The first-order chi connectivity index (χ1) is 12.6. The minimum atomic E-state index is -4.80. The third kappa shape index (κ3) is 3.73. The molecule has 5 nitrogen and oxygen atoms in total. The standard InChI is InChI=1S/C17H12ClF4N3O2/c1-8(2)27-16(26)14-13(18)15-23-11(9-3-5-10(19)6-4-9)7-12(17(20,21)22)25(15)24-14/h3-8H,1-2H3. The molecule has 0 N–H and O–H groups in total. The number of carbonyl (C=O) groups is 1. The van der Waals surface area contributed by atoms with Crippen LogP contribution in [-0.2, 0) is 10.9 Å². The van der Waals surface area contributed by atoms with E-state index in [0.717, 1.165) is 18.2 Å². The lowest BCUT2D eigenvalue weighted by Crippen LogP contribution is -2.15. The number of benzene rings is 1. The molecule has 0 spiro atoms. The summed E-state index contributed by atoms with van der Waals surface area (Å²) < 4.78 is 59.1. The highest BCUT2D eigenvalue weighted by molar-refractivity contribution is 6.36. The van der Waals surface area contributed by atoms with E-state index >= 15 is 0 Å². The second kappa shape index (κ2) is 6.80. The van der Waals surface area contributed by atoms with Crippen LogP contribution in [0.1, 0.15) is 30.0 Å². The lowest BCUT2D eigenvalue weighted by molar-refractivity contribution is -0.142. The van der Waals surface area contributed by atoms with Gasteiger partial charge in [-0.25, -0.2) is 18.7 Å². The van der Waals surface area contributed by atoms with E-state index < -0.39 is 35.5 Å². The van der Waals surface area contributed by atoms with E-state index in [9.17, 15) is 22.4 Å². The van der Waals surface area contributed by atoms with Crippen LogP contribution >= 0.6 is 11.6 Å². The van der Waals surface area contributed by atoms with Crippen LogP contribution in [0.25, 0.3) is 16.9 Å². The highest BCUT2D eigenvalue weighted by Gasteiger charge is 2.37. The Balaban J connectivity index is 2.25. The number of ether oxygens (including phenoxy) is 1. The third-order valence-corrected chi connectivity index (χ3v) is 3.85. The van der Waals surface area contributed by atoms with Crippen LogP contribution in [0.5, 0.6) is 0 Å². The molecule has 0 unspecified atom stereocenters. The molecule has 27 heavy (non-hydrogen) atoms. The van der Waals surface area contributed by atoms with Crippen LogP contribution in [0.4, 0.5) is 17.6 Å². The minimum absolute atomic E-state index is 0.0969. The number of halogens is 5. The fourth-order valence-electron chi connectivity index (χ4n) is 2.36. The molecule has 1 aromatic carbocycles. The zero-order valence-corrected chi connectivity index (χ0v) is 14.8. The van der Waals surface area contributed by atoms with Crippen LogP contribution in [-0.4, -0.2) is 26.7 Å². The summed E-state index contributed by atoms with van der Waals surface area (Å²) in [5.41, 5.74) is -1.87. The van der Waals surface area contributed by atoms with Gasteiger partial charge in [0, 0.05) is 5.56 Å². The largest absolute Gasteiger partial charge is 0.458 e. The maximum absolute atomic E-state index is 13.5. The monoisotopic (exact) mass is 401 g/mol. The molecule has 3 aromatic rings. The quantitative estimate of drug-likeness (QED) is 0.468. The number of rotatable bonds is 3. The molecular formula is C17H12ClF4N3O2. The first-order valence-corrected chi connectivity index (χ1v) is 8.09. The summed E-state index contributed by atoms with van der Waals surface area (Å²) >= 11 is 6.07. The molecule has 142 valence electrons. The van der Waals surface area contributed by atoms with Crippen molar-refractivity contribution in [3.05, 3.63) is 52.6 Å². The fourth-order valence-corrected chi connectivity index (χ4v) is 2.60. The van der Waals surface area contributed by atoms with Crippen LogP contribution in [0.2, 0.25) is 5.02 Å². The summed E-state index contributed by atoms with van der Waals surface area (Å²) in [6.07, 6.45) is -5.31. The van der Waals surface area contributed by atoms with Gasteiger partial charge in [-0.1, -0.05) is 11.6 Å². The molecule has 0 amide bonds. The number of fused-ring (bicyclic) bond motifs is 1. The average Bonchev–Trinajstić information content (AvgIpc) is 2.90. The number of carbonyl (C=O) groups excluding carboxylic acids is 1. The van der Waals surface area contributed by atoms with Gasteiger partial charge in [-0.05, 0) is 44.2 Å². The van der Waals surface area contributed by atoms with Crippen LogP contribution in [0.15, 0.2) is 30.3 Å². The zero-order valence-electron chi connectivity index (χ0n) is 14.0. The molecule has 0 aliphatic heterocycles. The van der Waals surface area contributed by atoms with Crippen molar-refractivity contribution in [1.82, 2.24) is 14.6 Å². The number of aromatic nitrogens is 3. The number of hydrogen-bond donors (Lipinski definition) is 0. The SMILES string of the molecule is CC(C)OC(=O)c1nn2c(C(F)(F)F)cc(-c3ccc(F)cc3)nc2c1Cl. The fraction of sp³-hybridized carbons (Fsp3) is 0.235. The van der Waals surface area contributed by atoms with Gasteiger partial charge in [0.2, 0.25) is 0 Å². The van der Waals surface area contributed by atoms with Gasteiger partial charge in [-0.15, -0.1) is 0 Å². The van der Waals surface area contributed by atoms with Crippen LogP contribution < -0.4 is 0 Å². The van der Waals surface area contributed by atoms with Gasteiger partial charge >= 0.3 is 12.1 Å². The van der Waals surface area contributed by atoms with Crippen molar-refractivity contribution in [2.24, 2.45) is 0 Å². The normalized spacial score (nSPS) is 12.0. The second-order valence-electron chi connectivity index (χ2n) is 5.88. The minimum Gasteiger partial charge on any atom is -0.458 e. The second-order valence-corrected chi connectivity index (χ2v) is 6.26. The molecule has 0 fully saturated rings. The number of nitrogens with zero attached hydrogens (tertiary/aromatic N) is 3. The van der Waals surface area contributed by atoms with E-state index in [4.69, 9.17) is 16.3 Å². The third-order valence-electron chi connectivity index (χ3n) is 3.50. The van der Waals surface area contributed by atoms with Gasteiger partial charge < -0.3 is 4.74 Å². The predicted molar refractivity (Wildman–Crippen MR) is 88.9 cm³/mol. The summed E-state index contributed by atoms with van der Waals surface area (Å²) in [5.74, 6) is -1.51. The van der Waals surface area contributed by atoms with E-state index in [1.54, 1.807) is 13.8 Å². The highest BCUT2D eigenvalue weighted by atomic mass is 35.5. The molecule has 0 aliphatic carbocycles. The van der Waals surface area contributed by atoms with Gasteiger partial charge in [0.25, 0.3) is 0 Å². The Hall–Kier alpha value is -2.68. The average molecular weight is 402 g/mol. The van der Waals surface area contributed by atoms with Gasteiger partial charge in [-0.3, -0.25) is 0 Å². The van der Waals surface area contributed by atoms with Crippen molar-refractivity contribution in [1.29, 1.82) is 0 Å². The summed E-state index contributed by atoms with van der Waals surface area (Å²) in [4.78, 5) is 16.1. The van der Waals surface area contributed by atoms with E-state index in [1.807, 2.05) is 0 Å². The van der Waals surface area contributed by atoms with Crippen LogP contribution in [0.3, 0.4) is 0 Å². The van der Waals surface area contributed by atoms with Gasteiger partial charge in [-0.2, -0.15) is 18.3 Å². The molecule has 0 bridgehead atoms. The van der Waals surface area contributed by atoms with Crippen molar-refractivity contribution in [2.45, 2.75) is 26.1 Å². The summed E-state index contributed by atoms with van der Waals surface area (Å²) in [6.45, 7) is 3.15. The Morgan fingerprint density at radius 2 is 1.85 bits per heavy atom. The van der Waals surface area contributed by atoms with E-state index in [2.05, 4.69) is 10.1 Å². The van der Waals surface area contributed by atoms with Crippen LogP contribution in [0, 0.1) is 5.82 Å². The van der Waals surface area contributed by atoms with Gasteiger partial charge in [0.15, 0.2) is 17.0 Å². The summed E-state index contributed by atoms with van der Waals surface area (Å²) in [5, 5.41) is 3.28. The molecule has 0 saturated heterocycles. The van der Waals surface area contributed by atoms with Crippen molar-refractivity contribution >= 4 is 23.2 Å². The van der Waals surface area contributed by atoms with Gasteiger partial charge in [0.1, 0.15) is 10.8 Å². The Morgan fingerprint density at radius 3 is 2.41 bits per heavy atom. The number of hydrogen-bond acceptors (Lipinski definition) is 4. The lowest BCUT2D eigenvalue weighted by atomic mass is 10.1.